The molecule has 0 radical (unpaired) electrons. The van der Waals surface area contributed by atoms with Crippen LogP contribution >= 0.6 is 0 Å². The lowest BCUT2D eigenvalue weighted by molar-refractivity contribution is -0.0965. The maximum absolute atomic E-state index is 11.8. The highest BCUT2D eigenvalue weighted by Gasteiger charge is 2.46. The van der Waals surface area contributed by atoms with Crippen LogP contribution in [0.2, 0.25) is 0 Å². The van der Waals surface area contributed by atoms with Crippen molar-refractivity contribution in [1.29, 1.82) is 0 Å². The Morgan fingerprint density at radius 2 is 2.27 bits per heavy atom. The molecule has 0 unspecified atom stereocenters. The summed E-state index contributed by atoms with van der Waals surface area (Å²) in [6.45, 7) is 2.35. The van der Waals surface area contributed by atoms with E-state index in [1.807, 2.05) is 16.9 Å². The van der Waals surface area contributed by atoms with E-state index in [4.69, 9.17) is 9.47 Å². The number of sulfonamides is 1. The molecule has 1 saturated carbocycles. The molecule has 8 heteroatoms. The van der Waals surface area contributed by atoms with Crippen LogP contribution in [0.3, 0.4) is 0 Å². The molecule has 1 aliphatic heterocycles. The van der Waals surface area contributed by atoms with E-state index in [0.29, 0.717) is 19.8 Å². The molecule has 1 saturated heterocycles. The molecule has 1 aromatic rings. The third kappa shape index (κ3) is 3.51. The van der Waals surface area contributed by atoms with E-state index < -0.39 is 10.0 Å². The summed E-state index contributed by atoms with van der Waals surface area (Å²) in [6.07, 6.45) is 7.36. The number of hydrogen-bond acceptors (Lipinski definition) is 5. The van der Waals surface area contributed by atoms with Gasteiger partial charge in [0.05, 0.1) is 25.0 Å². The quantitative estimate of drug-likeness (QED) is 0.710. The monoisotopic (exact) mass is 329 g/mol. The van der Waals surface area contributed by atoms with Crippen LogP contribution in [-0.2, 0) is 26.0 Å². The Hall–Kier alpha value is -0.960. The maximum Gasteiger partial charge on any atom is 0.211 e. The van der Waals surface area contributed by atoms with Crippen molar-refractivity contribution in [3.05, 3.63) is 18.5 Å². The van der Waals surface area contributed by atoms with Gasteiger partial charge in [0.25, 0.3) is 0 Å². The molecular weight excluding hydrogens is 306 g/mol. The Morgan fingerprint density at radius 1 is 1.41 bits per heavy atom. The third-order valence-electron chi connectivity index (χ3n) is 4.33. The zero-order valence-electron chi connectivity index (χ0n) is 12.8. The lowest BCUT2D eigenvalue weighted by atomic mass is 10.1. The van der Waals surface area contributed by atoms with E-state index in [1.54, 1.807) is 10.5 Å². The Morgan fingerprint density at radius 3 is 3.00 bits per heavy atom. The van der Waals surface area contributed by atoms with Gasteiger partial charge in [-0.3, -0.25) is 4.68 Å². The van der Waals surface area contributed by atoms with Gasteiger partial charge in [0.2, 0.25) is 10.0 Å². The molecule has 22 heavy (non-hydrogen) atoms. The van der Waals surface area contributed by atoms with Gasteiger partial charge >= 0.3 is 0 Å². The smallest absolute Gasteiger partial charge is 0.211 e. The summed E-state index contributed by atoms with van der Waals surface area (Å²) < 4.78 is 38.9. The van der Waals surface area contributed by atoms with Gasteiger partial charge in [0.1, 0.15) is 6.10 Å². The number of morpholine rings is 1. The van der Waals surface area contributed by atoms with Crippen molar-refractivity contribution in [3.8, 4) is 0 Å². The first kappa shape index (κ1) is 15.9. The van der Waals surface area contributed by atoms with Crippen molar-refractivity contribution in [3.63, 3.8) is 0 Å². The Bertz CT molecular complexity index is 575. The first-order valence-electron chi connectivity index (χ1n) is 7.73. The van der Waals surface area contributed by atoms with E-state index >= 15 is 0 Å². The second kappa shape index (κ2) is 6.66. The SMILES string of the molecule is CS(=O)(=O)N1CCO[C@H]2[C@H](OCCCn3cccn3)CC[C@@H]21. The van der Waals surface area contributed by atoms with E-state index in [2.05, 4.69) is 5.10 Å². The summed E-state index contributed by atoms with van der Waals surface area (Å²) in [6, 6.07) is 1.83. The van der Waals surface area contributed by atoms with Crippen molar-refractivity contribution in [2.24, 2.45) is 0 Å². The molecule has 124 valence electrons. The highest BCUT2D eigenvalue weighted by molar-refractivity contribution is 7.88. The van der Waals surface area contributed by atoms with Gasteiger partial charge in [-0.1, -0.05) is 0 Å². The minimum atomic E-state index is -3.17. The van der Waals surface area contributed by atoms with Gasteiger partial charge in [-0.15, -0.1) is 0 Å². The van der Waals surface area contributed by atoms with Crippen LogP contribution in [0.5, 0.6) is 0 Å². The Labute approximate surface area is 131 Å². The molecule has 2 aliphatic rings. The van der Waals surface area contributed by atoms with Crippen molar-refractivity contribution >= 4 is 10.0 Å². The van der Waals surface area contributed by atoms with Crippen LogP contribution in [-0.4, -0.2) is 66.8 Å². The van der Waals surface area contributed by atoms with Gasteiger partial charge in [-0.05, 0) is 25.3 Å². The van der Waals surface area contributed by atoms with E-state index in [9.17, 15) is 8.42 Å². The first-order chi connectivity index (χ1) is 10.6. The highest BCUT2D eigenvalue weighted by atomic mass is 32.2. The van der Waals surface area contributed by atoms with Gasteiger partial charge < -0.3 is 9.47 Å². The minimum absolute atomic E-state index is 0.00725. The number of nitrogens with zero attached hydrogens (tertiary/aromatic N) is 3. The molecule has 2 fully saturated rings. The van der Waals surface area contributed by atoms with Crippen LogP contribution < -0.4 is 0 Å². The largest absolute Gasteiger partial charge is 0.375 e. The zero-order chi connectivity index (χ0) is 15.6. The molecule has 2 heterocycles. The summed E-state index contributed by atoms with van der Waals surface area (Å²) in [7, 11) is -3.17. The molecule has 3 atom stereocenters. The molecule has 3 rings (SSSR count). The number of fused-ring (bicyclic) bond motifs is 1. The minimum Gasteiger partial charge on any atom is -0.375 e. The Kier molecular flexibility index (Phi) is 4.82. The summed E-state index contributed by atoms with van der Waals surface area (Å²) >= 11 is 0. The highest BCUT2D eigenvalue weighted by Crippen LogP contribution is 2.33. The normalized spacial score (nSPS) is 29.6. The third-order valence-corrected chi connectivity index (χ3v) is 5.64. The maximum atomic E-state index is 11.8. The molecule has 0 N–H and O–H groups in total. The van der Waals surface area contributed by atoms with Crippen molar-refractivity contribution in [1.82, 2.24) is 14.1 Å². The number of aromatic nitrogens is 2. The van der Waals surface area contributed by atoms with Crippen LogP contribution in [0.4, 0.5) is 0 Å². The Balaban J connectivity index is 1.49. The summed E-state index contributed by atoms with van der Waals surface area (Å²) in [5, 5.41) is 4.15. The topological polar surface area (TPSA) is 73.7 Å². The molecule has 7 nitrogen and oxygen atoms in total. The second-order valence-electron chi connectivity index (χ2n) is 5.89. The number of aryl methyl sites for hydroxylation is 1. The average molecular weight is 329 g/mol. The fraction of sp³-hybridized carbons (Fsp3) is 0.786. The molecule has 0 bridgehead atoms. The summed E-state index contributed by atoms with van der Waals surface area (Å²) in [5.41, 5.74) is 0. The van der Waals surface area contributed by atoms with Gasteiger partial charge in [-0.2, -0.15) is 9.40 Å². The van der Waals surface area contributed by atoms with Crippen LogP contribution in [0.25, 0.3) is 0 Å². The summed E-state index contributed by atoms with van der Waals surface area (Å²) in [5.74, 6) is 0. The van der Waals surface area contributed by atoms with E-state index in [-0.39, 0.29) is 18.2 Å². The fourth-order valence-corrected chi connectivity index (χ4v) is 4.49. The number of hydrogen-bond donors (Lipinski definition) is 0. The molecule has 0 aromatic carbocycles. The van der Waals surface area contributed by atoms with Crippen molar-refractivity contribution < 1.29 is 17.9 Å². The standard InChI is InChI=1S/C14H23N3O4S/c1-22(18,19)17-9-11-21-14-12(17)4-5-13(14)20-10-3-8-16-7-2-6-15-16/h2,6-7,12-14H,3-5,8-11H2,1H3/t12-,13+,14+/m0/s1. The summed E-state index contributed by atoms with van der Waals surface area (Å²) in [4.78, 5) is 0. The van der Waals surface area contributed by atoms with Crippen LogP contribution in [0.15, 0.2) is 18.5 Å². The van der Waals surface area contributed by atoms with Gasteiger partial charge in [0.15, 0.2) is 0 Å². The molecule has 0 spiro atoms. The predicted octanol–water partition coefficient (Wildman–Crippen LogP) is 0.481. The fourth-order valence-electron chi connectivity index (χ4n) is 3.37. The lowest BCUT2D eigenvalue weighted by Crippen LogP contribution is -2.53. The predicted molar refractivity (Wildman–Crippen MR) is 80.9 cm³/mol. The van der Waals surface area contributed by atoms with Gasteiger partial charge in [0, 0.05) is 32.1 Å². The zero-order valence-corrected chi connectivity index (χ0v) is 13.6. The molecule has 1 aromatic heterocycles. The molecular formula is C14H23N3O4S. The van der Waals surface area contributed by atoms with Gasteiger partial charge in [-0.25, -0.2) is 8.42 Å². The second-order valence-corrected chi connectivity index (χ2v) is 7.82. The van der Waals surface area contributed by atoms with E-state index in [0.717, 1.165) is 25.8 Å². The number of rotatable bonds is 6. The van der Waals surface area contributed by atoms with Crippen molar-refractivity contribution in [2.75, 3.05) is 26.0 Å². The average Bonchev–Trinajstić information content (AvgIpc) is 3.12. The molecule has 1 aliphatic carbocycles. The van der Waals surface area contributed by atoms with E-state index in [1.165, 1.54) is 6.26 Å². The van der Waals surface area contributed by atoms with Crippen LogP contribution in [0.1, 0.15) is 19.3 Å². The lowest BCUT2D eigenvalue weighted by Gasteiger charge is -2.37. The first-order valence-corrected chi connectivity index (χ1v) is 9.58. The van der Waals surface area contributed by atoms with Crippen LogP contribution in [0, 0.1) is 0 Å². The number of ether oxygens (including phenoxy) is 2. The van der Waals surface area contributed by atoms with Crippen molar-refractivity contribution in [2.45, 2.75) is 44.1 Å². The molecule has 0 amide bonds.